The van der Waals surface area contributed by atoms with E-state index >= 15 is 0 Å². The molecule has 0 amide bonds. The number of hydrogen-bond donors (Lipinski definition) is 0. The van der Waals surface area contributed by atoms with Gasteiger partial charge in [0.1, 0.15) is 0 Å². The molecule has 19 heavy (non-hydrogen) atoms. The van der Waals surface area contributed by atoms with Gasteiger partial charge < -0.3 is 0 Å². The summed E-state index contributed by atoms with van der Waals surface area (Å²) in [6.45, 7) is 11.8. The molecule has 1 aliphatic rings. The maximum atomic E-state index is 4.93. The Labute approximate surface area is 137 Å². The Bertz CT molecular complexity index is 455. The summed E-state index contributed by atoms with van der Waals surface area (Å²) in [7, 11) is 9.23. The van der Waals surface area contributed by atoms with Crippen molar-refractivity contribution in [2.24, 2.45) is 0 Å². The van der Waals surface area contributed by atoms with Crippen LogP contribution < -0.4 is 0 Å². The molecular formula is C15H22Cl2SiZr. The van der Waals surface area contributed by atoms with Crippen molar-refractivity contribution in [3.8, 4) is 0 Å². The molecular weight excluding hydrogens is 370 g/mol. The molecule has 0 aliphatic heterocycles. The van der Waals surface area contributed by atoms with E-state index in [1.165, 1.54) is 11.1 Å². The molecule has 0 saturated carbocycles. The Balaban J connectivity index is 0.000000550. The molecule has 0 spiro atoms. The van der Waals surface area contributed by atoms with Crippen LogP contribution in [0, 0.1) is 0 Å². The Kier molecular flexibility index (Phi) is 7.61. The van der Waals surface area contributed by atoms with Crippen LogP contribution in [0.2, 0.25) is 13.1 Å². The van der Waals surface area contributed by atoms with Gasteiger partial charge >= 0.3 is 37.9 Å². The Hall–Kier alpha value is 0.640. The summed E-state index contributed by atoms with van der Waals surface area (Å²) in [6.07, 6.45) is 2.43. The van der Waals surface area contributed by atoms with E-state index in [2.05, 4.69) is 58.1 Å². The molecule has 1 aliphatic carbocycles. The summed E-state index contributed by atoms with van der Waals surface area (Å²) in [4.78, 5) is 0. The Morgan fingerprint density at radius 1 is 1.21 bits per heavy atom. The van der Waals surface area contributed by atoms with Crippen LogP contribution in [0.3, 0.4) is 0 Å². The quantitative estimate of drug-likeness (QED) is 0.565. The van der Waals surface area contributed by atoms with E-state index < -0.39 is 29.6 Å². The van der Waals surface area contributed by atoms with Crippen molar-refractivity contribution in [3.63, 3.8) is 0 Å². The van der Waals surface area contributed by atoms with Crippen molar-refractivity contribution >= 4 is 31.9 Å². The van der Waals surface area contributed by atoms with Crippen LogP contribution in [0.1, 0.15) is 48.9 Å². The van der Waals surface area contributed by atoms with Crippen molar-refractivity contribution in [1.29, 1.82) is 0 Å². The van der Waals surface area contributed by atoms with E-state index in [0.717, 1.165) is 5.54 Å². The van der Waals surface area contributed by atoms with E-state index in [1.807, 2.05) is 0 Å². The molecule has 0 bridgehead atoms. The van der Waals surface area contributed by atoms with Gasteiger partial charge in [0.05, 0.1) is 0 Å². The summed E-state index contributed by atoms with van der Waals surface area (Å²) < 4.78 is 0. The zero-order valence-electron chi connectivity index (χ0n) is 12.3. The minimum atomic E-state index is -0.826. The zero-order chi connectivity index (χ0) is 14.6. The van der Waals surface area contributed by atoms with Gasteiger partial charge in [-0.3, -0.25) is 0 Å². The van der Waals surface area contributed by atoms with Gasteiger partial charge in [-0.2, -0.15) is 0 Å². The molecule has 0 radical (unpaired) electrons. The van der Waals surface area contributed by atoms with E-state index in [9.17, 15) is 0 Å². The van der Waals surface area contributed by atoms with Crippen LogP contribution in [-0.4, -0.2) is 8.80 Å². The van der Waals surface area contributed by atoms with Crippen LogP contribution in [0.4, 0.5) is 0 Å². The summed E-state index contributed by atoms with van der Waals surface area (Å²) in [5, 5.41) is 0. The second kappa shape index (κ2) is 8.17. The predicted molar refractivity (Wildman–Crippen MR) is 87.5 cm³/mol. The Morgan fingerprint density at radius 2 is 1.79 bits per heavy atom. The van der Waals surface area contributed by atoms with Gasteiger partial charge in [0.2, 0.25) is 0 Å². The minimum absolute atomic E-state index is 0.631. The summed E-state index contributed by atoms with van der Waals surface area (Å²) in [5.41, 5.74) is 7.01. The van der Waals surface area contributed by atoms with Crippen LogP contribution in [0.15, 0.2) is 23.8 Å². The fourth-order valence-electron chi connectivity index (χ4n) is 2.99. The molecule has 0 nitrogen and oxygen atoms in total. The molecule has 0 heterocycles. The molecule has 1 atom stereocenters. The van der Waals surface area contributed by atoms with Gasteiger partial charge in [-0.05, 0) is 35.1 Å². The van der Waals surface area contributed by atoms with Gasteiger partial charge in [-0.1, -0.05) is 56.8 Å². The van der Waals surface area contributed by atoms with Gasteiger partial charge in [0.15, 0.2) is 0 Å². The van der Waals surface area contributed by atoms with Crippen molar-refractivity contribution < 1.29 is 20.8 Å². The Morgan fingerprint density at radius 3 is 2.26 bits per heavy atom. The number of halogens is 2. The van der Waals surface area contributed by atoms with E-state index in [1.54, 1.807) is 11.1 Å². The van der Waals surface area contributed by atoms with Crippen molar-refractivity contribution in [1.82, 2.24) is 0 Å². The molecule has 0 saturated heterocycles. The first-order valence-electron chi connectivity index (χ1n) is 6.71. The van der Waals surface area contributed by atoms with Crippen molar-refractivity contribution in [3.05, 3.63) is 40.5 Å². The standard InChI is InChI=1S/C15H22Si.2ClH.Zr/c1-10(2)12-7-6-8-13-14(12)9-11(3)15(13)16(4)5;;;/h6-10,15-16H,1-5H3;2*1H;/q;;;+2/p-2. The van der Waals surface area contributed by atoms with E-state index in [-0.39, 0.29) is 0 Å². The first-order chi connectivity index (χ1) is 8.93. The second-order valence-corrected chi connectivity index (χ2v) is 12.6. The average Bonchev–Trinajstić information content (AvgIpc) is 2.65. The van der Waals surface area contributed by atoms with Crippen LogP contribution >= 0.6 is 17.0 Å². The van der Waals surface area contributed by atoms with Gasteiger partial charge in [-0.25, -0.2) is 0 Å². The van der Waals surface area contributed by atoms with E-state index in [4.69, 9.17) is 17.0 Å². The fraction of sp³-hybridized carbons (Fsp3) is 0.467. The fourth-order valence-corrected chi connectivity index (χ4v) is 5.15. The molecule has 1 aromatic rings. The monoisotopic (exact) mass is 390 g/mol. The number of allylic oxidation sites excluding steroid dienone is 1. The van der Waals surface area contributed by atoms with Gasteiger partial charge in [-0.15, -0.1) is 0 Å². The number of fused-ring (bicyclic) bond motifs is 1. The molecule has 104 valence electrons. The molecule has 0 N–H and O–H groups in total. The zero-order valence-corrected chi connectivity index (χ0v) is 17.4. The molecule has 2 rings (SSSR count). The van der Waals surface area contributed by atoms with E-state index in [0.29, 0.717) is 5.92 Å². The van der Waals surface area contributed by atoms with Crippen LogP contribution in [0.5, 0.6) is 0 Å². The third-order valence-corrected chi connectivity index (χ3v) is 5.88. The summed E-state index contributed by atoms with van der Waals surface area (Å²) in [6, 6.07) is 6.87. The maximum absolute atomic E-state index is 4.93. The number of hydrogen-bond acceptors (Lipinski definition) is 0. The summed E-state index contributed by atoms with van der Waals surface area (Å²) >= 11 is -0.826. The van der Waals surface area contributed by atoms with Gasteiger partial charge in [0, 0.05) is 8.80 Å². The molecule has 0 aromatic heterocycles. The van der Waals surface area contributed by atoms with Gasteiger partial charge in [0.25, 0.3) is 0 Å². The molecule has 4 heteroatoms. The van der Waals surface area contributed by atoms with Crippen LogP contribution in [0.25, 0.3) is 6.08 Å². The topological polar surface area (TPSA) is 0 Å². The first kappa shape index (κ1) is 17.7. The van der Waals surface area contributed by atoms with Crippen molar-refractivity contribution in [2.75, 3.05) is 0 Å². The molecule has 0 fully saturated rings. The number of rotatable bonds is 2. The predicted octanol–water partition coefficient (Wildman–Crippen LogP) is 5.71. The van der Waals surface area contributed by atoms with Crippen LogP contribution in [-0.2, 0) is 20.8 Å². The third-order valence-electron chi connectivity index (χ3n) is 3.66. The SMILES string of the molecule is CC1=Cc2c(C(C)C)cccc2C1[SiH](C)C.[Cl][Zr][Cl]. The number of benzene rings is 1. The third kappa shape index (κ3) is 4.30. The first-order valence-corrected chi connectivity index (χ1v) is 16.0. The summed E-state index contributed by atoms with van der Waals surface area (Å²) in [5.74, 6) is 0.631. The second-order valence-electron chi connectivity index (χ2n) is 5.69. The molecule has 1 aromatic carbocycles. The molecule has 1 unspecified atom stereocenters. The normalized spacial score (nSPS) is 16.9. The average molecular weight is 393 g/mol. The van der Waals surface area contributed by atoms with Crippen molar-refractivity contribution in [2.45, 2.75) is 45.3 Å².